The molecule has 2 rings (SSSR count). The summed E-state index contributed by atoms with van der Waals surface area (Å²) in [5.41, 5.74) is 8.37. The van der Waals surface area contributed by atoms with Crippen LogP contribution in [0.3, 0.4) is 0 Å². The molecule has 0 aliphatic carbocycles. The van der Waals surface area contributed by atoms with Crippen LogP contribution in [0, 0.1) is 6.92 Å². The summed E-state index contributed by atoms with van der Waals surface area (Å²) in [5.74, 6) is 0. The summed E-state index contributed by atoms with van der Waals surface area (Å²) < 4.78 is 0. The van der Waals surface area contributed by atoms with Crippen LogP contribution in [0.4, 0.5) is 0 Å². The van der Waals surface area contributed by atoms with Crippen molar-refractivity contribution in [3.8, 4) is 0 Å². The number of thioether (sulfide) groups is 1. The van der Waals surface area contributed by atoms with Crippen molar-refractivity contribution in [1.82, 2.24) is 9.97 Å². The summed E-state index contributed by atoms with van der Waals surface area (Å²) in [5, 5.41) is 1.02. The van der Waals surface area contributed by atoms with Crippen molar-refractivity contribution < 1.29 is 0 Å². The predicted molar refractivity (Wildman–Crippen MR) is 75.5 cm³/mol. The molecule has 4 heteroatoms. The van der Waals surface area contributed by atoms with Gasteiger partial charge in [0, 0.05) is 23.2 Å². The van der Waals surface area contributed by atoms with E-state index in [0.29, 0.717) is 0 Å². The van der Waals surface area contributed by atoms with Crippen LogP contribution < -0.4 is 5.73 Å². The number of hydrogen-bond acceptors (Lipinski definition) is 4. The third-order valence-corrected chi connectivity index (χ3v) is 3.83. The quantitative estimate of drug-likeness (QED) is 0.677. The number of hydrogen-bond donors (Lipinski definition) is 1. The van der Waals surface area contributed by atoms with Crippen molar-refractivity contribution in [2.45, 2.75) is 30.3 Å². The lowest BCUT2D eigenvalue weighted by Gasteiger charge is -2.19. The second kappa shape index (κ2) is 5.98. The van der Waals surface area contributed by atoms with E-state index in [2.05, 4.69) is 29.0 Å². The molecule has 1 heterocycles. The Balaban J connectivity index is 2.06. The Morgan fingerprint density at radius 1 is 1.17 bits per heavy atom. The molecule has 2 unspecified atom stereocenters. The molecule has 0 spiro atoms. The minimum atomic E-state index is -0.0136. The average Bonchev–Trinajstić information content (AvgIpc) is 2.39. The second-order valence-corrected chi connectivity index (χ2v) is 5.58. The maximum Gasteiger partial charge on any atom is 0.188 e. The van der Waals surface area contributed by atoms with Crippen molar-refractivity contribution in [1.29, 1.82) is 0 Å². The molecule has 0 saturated heterocycles. The highest BCUT2D eigenvalue weighted by atomic mass is 32.2. The third-order valence-electron chi connectivity index (χ3n) is 2.75. The van der Waals surface area contributed by atoms with Crippen LogP contribution in [0.15, 0.2) is 47.8 Å². The molecular formula is C14H17N3S. The summed E-state index contributed by atoms with van der Waals surface area (Å²) in [4.78, 5) is 8.64. The average molecular weight is 259 g/mol. The van der Waals surface area contributed by atoms with Gasteiger partial charge in [-0.2, -0.15) is 0 Å². The van der Waals surface area contributed by atoms with E-state index < -0.39 is 0 Å². The standard InChI is InChI=1S/C14H17N3S/c1-10-8-9-16-14(17-10)18-11(2)13(15)12-6-4-3-5-7-12/h3-9,11,13H,15H2,1-2H3. The molecule has 18 heavy (non-hydrogen) atoms. The Bertz CT molecular complexity index is 501. The molecule has 0 aliphatic heterocycles. The monoisotopic (exact) mass is 259 g/mol. The zero-order valence-corrected chi connectivity index (χ0v) is 11.4. The highest BCUT2D eigenvalue weighted by Crippen LogP contribution is 2.28. The van der Waals surface area contributed by atoms with Crippen LogP contribution in [0.25, 0.3) is 0 Å². The van der Waals surface area contributed by atoms with Gasteiger partial charge >= 0.3 is 0 Å². The first-order chi connectivity index (χ1) is 8.66. The molecule has 0 fully saturated rings. The molecule has 0 bridgehead atoms. The molecule has 0 saturated carbocycles. The van der Waals surface area contributed by atoms with Crippen molar-refractivity contribution >= 4 is 11.8 Å². The molecule has 0 aliphatic rings. The lowest BCUT2D eigenvalue weighted by molar-refractivity contribution is 0.711. The van der Waals surface area contributed by atoms with Crippen LogP contribution in [0.1, 0.15) is 24.2 Å². The van der Waals surface area contributed by atoms with E-state index >= 15 is 0 Å². The van der Waals surface area contributed by atoms with Gasteiger partial charge in [-0.25, -0.2) is 9.97 Å². The summed E-state index contributed by atoms with van der Waals surface area (Å²) >= 11 is 1.61. The van der Waals surface area contributed by atoms with Gasteiger partial charge < -0.3 is 5.73 Å². The number of nitrogens with two attached hydrogens (primary N) is 1. The van der Waals surface area contributed by atoms with Crippen LogP contribution >= 0.6 is 11.8 Å². The van der Waals surface area contributed by atoms with Gasteiger partial charge in [0.25, 0.3) is 0 Å². The summed E-state index contributed by atoms with van der Waals surface area (Å²) in [7, 11) is 0. The molecular weight excluding hydrogens is 242 g/mol. The zero-order chi connectivity index (χ0) is 13.0. The Hall–Kier alpha value is -1.39. The SMILES string of the molecule is Cc1ccnc(SC(C)C(N)c2ccccc2)n1. The van der Waals surface area contributed by atoms with Crippen molar-refractivity contribution in [3.05, 3.63) is 53.9 Å². The largest absolute Gasteiger partial charge is 0.323 e. The van der Waals surface area contributed by atoms with Gasteiger partial charge in [-0.3, -0.25) is 0 Å². The maximum absolute atomic E-state index is 6.25. The van der Waals surface area contributed by atoms with Crippen LogP contribution in [0.5, 0.6) is 0 Å². The van der Waals surface area contributed by atoms with E-state index in [0.717, 1.165) is 16.4 Å². The molecule has 1 aromatic heterocycles. The van der Waals surface area contributed by atoms with Gasteiger partial charge in [0.2, 0.25) is 0 Å². The zero-order valence-electron chi connectivity index (χ0n) is 10.6. The highest BCUT2D eigenvalue weighted by Gasteiger charge is 2.17. The molecule has 94 valence electrons. The van der Waals surface area contributed by atoms with Gasteiger partial charge in [0.05, 0.1) is 0 Å². The van der Waals surface area contributed by atoms with Gasteiger partial charge in [-0.1, -0.05) is 49.0 Å². The fourth-order valence-electron chi connectivity index (χ4n) is 1.67. The van der Waals surface area contributed by atoms with Crippen LogP contribution in [0.2, 0.25) is 0 Å². The van der Waals surface area contributed by atoms with Crippen molar-refractivity contribution in [2.24, 2.45) is 5.73 Å². The third kappa shape index (κ3) is 3.31. The van der Waals surface area contributed by atoms with Gasteiger partial charge in [-0.05, 0) is 18.6 Å². The van der Waals surface area contributed by atoms with E-state index in [9.17, 15) is 0 Å². The fourth-order valence-corrected chi connectivity index (χ4v) is 2.62. The summed E-state index contributed by atoms with van der Waals surface area (Å²) in [6.07, 6.45) is 1.78. The molecule has 3 nitrogen and oxygen atoms in total. The Labute approximate surface area is 112 Å². The number of rotatable bonds is 4. The molecule has 2 aromatic rings. The smallest absolute Gasteiger partial charge is 0.188 e. The van der Waals surface area contributed by atoms with Gasteiger partial charge in [0.15, 0.2) is 5.16 Å². The molecule has 0 amide bonds. The van der Waals surface area contributed by atoms with E-state index in [1.165, 1.54) is 0 Å². The fraction of sp³-hybridized carbons (Fsp3) is 0.286. The Morgan fingerprint density at radius 3 is 2.56 bits per heavy atom. The van der Waals surface area contributed by atoms with E-state index in [1.54, 1.807) is 18.0 Å². The van der Waals surface area contributed by atoms with Crippen molar-refractivity contribution in [3.63, 3.8) is 0 Å². The van der Waals surface area contributed by atoms with Crippen LogP contribution in [-0.2, 0) is 0 Å². The second-order valence-electron chi connectivity index (χ2n) is 4.24. The van der Waals surface area contributed by atoms with Gasteiger partial charge in [0.1, 0.15) is 0 Å². The first-order valence-corrected chi connectivity index (χ1v) is 6.81. The minimum Gasteiger partial charge on any atom is -0.323 e. The first-order valence-electron chi connectivity index (χ1n) is 5.93. The normalized spacial score (nSPS) is 14.2. The Morgan fingerprint density at radius 2 is 1.89 bits per heavy atom. The highest BCUT2D eigenvalue weighted by molar-refractivity contribution is 7.99. The van der Waals surface area contributed by atoms with Gasteiger partial charge in [-0.15, -0.1) is 0 Å². The lowest BCUT2D eigenvalue weighted by atomic mass is 10.1. The van der Waals surface area contributed by atoms with E-state index in [-0.39, 0.29) is 11.3 Å². The van der Waals surface area contributed by atoms with E-state index in [1.807, 2.05) is 31.2 Å². The van der Waals surface area contributed by atoms with Crippen LogP contribution in [-0.4, -0.2) is 15.2 Å². The number of nitrogens with zero attached hydrogens (tertiary/aromatic N) is 2. The number of aromatic nitrogens is 2. The number of benzene rings is 1. The maximum atomic E-state index is 6.25. The number of aryl methyl sites for hydroxylation is 1. The predicted octanol–water partition coefficient (Wildman–Crippen LogP) is 2.97. The molecule has 0 radical (unpaired) electrons. The minimum absolute atomic E-state index is 0.0136. The first kappa shape index (κ1) is 13.1. The lowest BCUT2D eigenvalue weighted by Crippen LogP contribution is -2.21. The van der Waals surface area contributed by atoms with E-state index in [4.69, 9.17) is 5.73 Å². The molecule has 2 N–H and O–H groups in total. The summed E-state index contributed by atoms with van der Waals surface area (Å²) in [6.45, 7) is 4.07. The Kier molecular flexibility index (Phi) is 4.33. The molecule has 2 atom stereocenters. The molecule has 1 aromatic carbocycles. The summed E-state index contributed by atoms with van der Waals surface area (Å²) in [6, 6.07) is 12.0. The van der Waals surface area contributed by atoms with Crippen molar-refractivity contribution in [2.75, 3.05) is 0 Å². The topological polar surface area (TPSA) is 51.8 Å².